The first kappa shape index (κ1) is 6.26. The second-order valence-electron chi connectivity index (χ2n) is 2.11. The Balaban J connectivity index is 2.74. The lowest BCUT2D eigenvalue weighted by atomic mass is 10.4. The smallest absolute Gasteiger partial charge is 0.137 e. The number of likely N-dealkylation sites (N-methyl/N-ethyl adjacent to an activating group) is 1. The number of hydrogen-bond acceptors (Lipinski definition) is 2. The van der Waals surface area contributed by atoms with Crippen LogP contribution in [0.1, 0.15) is 6.92 Å². The Morgan fingerprint density at radius 2 is 2.44 bits per heavy atom. The second kappa shape index (κ2) is 2.17. The van der Waals surface area contributed by atoms with E-state index in [1.807, 2.05) is 14.0 Å². The summed E-state index contributed by atoms with van der Waals surface area (Å²) in [6, 6.07) is 0. The first-order valence-electron chi connectivity index (χ1n) is 2.80. The van der Waals surface area contributed by atoms with E-state index in [4.69, 9.17) is 0 Å². The lowest BCUT2D eigenvalue weighted by Gasteiger charge is -2.19. The second-order valence-corrected chi connectivity index (χ2v) is 2.11. The Morgan fingerprint density at radius 1 is 1.78 bits per heavy atom. The van der Waals surface area contributed by atoms with Crippen LogP contribution < -0.4 is 0 Å². The van der Waals surface area contributed by atoms with E-state index < -0.39 is 0 Å². The Labute approximate surface area is 53.7 Å². The van der Waals surface area contributed by atoms with Gasteiger partial charge in [0, 0.05) is 7.05 Å². The van der Waals surface area contributed by atoms with Gasteiger partial charge in [-0.2, -0.15) is 0 Å². The molecule has 3 heteroatoms. The van der Waals surface area contributed by atoms with E-state index in [-0.39, 0.29) is 5.83 Å². The van der Waals surface area contributed by atoms with E-state index >= 15 is 0 Å². The molecule has 0 aliphatic carbocycles. The highest BCUT2D eigenvalue weighted by Gasteiger charge is 2.07. The minimum absolute atomic E-state index is 0.178. The maximum Gasteiger partial charge on any atom is 0.137 e. The van der Waals surface area contributed by atoms with Crippen LogP contribution in [0.4, 0.5) is 4.39 Å². The zero-order chi connectivity index (χ0) is 6.85. The van der Waals surface area contributed by atoms with Crippen LogP contribution in [0.2, 0.25) is 0 Å². The minimum atomic E-state index is -0.178. The van der Waals surface area contributed by atoms with Crippen molar-refractivity contribution in [1.82, 2.24) is 4.90 Å². The van der Waals surface area contributed by atoms with Crippen LogP contribution in [0.5, 0.6) is 0 Å². The number of amidine groups is 1. The lowest BCUT2D eigenvalue weighted by molar-refractivity contribution is 0.459. The molecule has 0 unspecified atom stereocenters. The third-order valence-electron chi connectivity index (χ3n) is 1.33. The summed E-state index contributed by atoms with van der Waals surface area (Å²) in [5.41, 5.74) is 0. The fourth-order valence-corrected chi connectivity index (χ4v) is 0.644. The topological polar surface area (TPSA) is 15.6 Å². The van der Waals surface area contributed by atoms with Crippen molar-refractivity contribution in [3.8, 4) is 0 Å². The SMILES string of the molecule is CC1=NC=C(F)CN1C. The molecule has 0 bridgehead atoms. The van der Waals surface area contributed by atoms with Crippen LogP contribution in [0.25, 0.3) is 0 Å². The van der Waals surface area contributed by atoms with Crippen molar-refractivity contribution in [2.75, 3.05) is 13.6 Å². The molecule has 0 saturated heterocycles. The molecule has 1 aliphatic heterocycles. The van der Waals surface area contributed by atoms with E-state index in [0.717, 1.165) is 5.84 Å². The van der Waals surface area contributed by atoms with Gasteiger partial charge in [-0.1, -0.05) is 0 Å². The fraction of sp³-hybridized carbons (Fsp3) is 0.500. The third kappa shape index (κ3) is 1.28. The molecule has 0 aromatic rings. The van der Waals surface area contributed by atoms with Crippen LogP contribution in [-0.2, 0) is 0 Å². The van der Waals surface area contributed by atoms with Crippen LogP contribution in [0.3, 0.4) is 0 Å². The molecular weight excluding hydrogens is 119 g/mol. The molecule has 0 fully saturated rings. The van der Waals surface area contributed by atoms with Crippen molar-refractivity contribution in [3.63, 3.8) is 0 Å². The largest absolute Gasteiger partial charge is 0.357 e. The van der Waals surface area contributed by atoms with E-state index in [9.17, 15) is 4.39 Å². The van der Waals surface area contributed by atoms with E-state index in [2.05, 4.69) is 4.99 Å². The molecule has 0 aromatic heterocycles. The number of halogens is 1. The van der Waals surface area contributed by atoms with Crippen molar-refractivity contribution < 1.29 is 4.39 Å². The average Bonchev–Trinajstić information content (AvgIpc) is 1.80. The molecule has 1 rings (SSSR count). The molecule has 1 heterocycles. The Bertz CT molecular complexity index is 172. The highest BCUT2D eigenvalue weighted by Crippen LogP contribution is 2.05. The first-order valence-corrected chi connectivity index (χ1v) is 2.80. The summed E-state index contributed by atoms with van der Waals surface area (Å²) in [6.45, 7) is 2.21. The number of aliphatic imine (C=N–C) groups is 1. The molecular formula is C6H9FN2. The molecule has 0 atom stereocenters. The Morgan fingerprint density at radius 3 is 2.89 bits per heavy atom. The highest BCUT2D eigenvalue weighted by atomic mass is 19.1. The summed E-state index contributed by atoms with van der Waals surface area (Å²) in [7, 11) is 1.81. The van der Waals surface area contributed by atoms with Crippen LogP contribution in [0, 0.1) is 0 Å². The fourth-order valence-electron chi connectivity index (χ4n) is 0.644. The van der Waals surface area contributed by atoms with Gasteiger partial charge in [-0.25, -0.2) is 9.38 Å². The van der Waals surface area contributed by atoms with Gasteiger partial charge in [0.15, 0.2) is 0 Å². The van der Waals surface area contributed by atoms with Gasteiger partial charge in [-0.3, -0.25) is 0 Å². The summed E-state index contributed by atoms with van der Waals surface area (Å²) >= 11 is 0. The zero-order valence-electron chi connectivity index (χ0n) is 5.56. The van der Waals surface area contributed by atoms with Crippen LogP contribution in [-0.4, -0.2) is 24.3 Å². The zero-order valence-corrected chi connectivity index (χ0v) is 5.56. The van der Waals surface area contributed by atoms with Crippen LogP contribution in [0.15, 0.2) is 17.0 Å². The van der Waals surface area contributed by atoms with E-state index in [0.29, 0.717) is 6.54 Å². The van der Waals surface area contributed by atoms with Gasteiger partial charge in [-0.15, -0.1) is 0 Å². The van der Waals surface area contributed by atoms with Crippen molar-refractivity contribution in [1.29, 1.82) is 0 Å². The predicted molar refractivity (Wildman–Crippen MR) is 34.9 cm³/mol. The monoisotopic (exact) mass is 128 g/mol. The number of nitrogens with zero attached hydrogens (tertiary/aromatic N) is 2. The standard InChI is InChI=1S/C6H9FN2/c1-5-8-3-6(7)4-9(5)2/h3H,4H2,1-2H3. The predicted octanol–water partition coefficient (Wildman–Crippen LogP) is 1.16. The van der Waals surface area contributed by atoms with Gasteiger partial charge in [0.1, 0.15) is 11.7 Å². The van der Waals surface area contributed by atoms with Crippen molar-refractivity contribution in [2.24, 2.45) is 4.99 Å². The van der Waals surface area contributed by atoms with Crippen LogP contribution >= 0.6 is 0 Å². The molecule has 0 radical (unpaired) electrons. The first-order chi connectivity index (χ1) is 4.20. The molecule has 9 heavy (non-hydrogen) atoms. The maximum absolute atomic E-state index is 12.3. The maximum atomic E-state index is 12.3. The summed E-state index contributed by atoms with van der Waals surface area (Å²) in [5.74, 6) is 0.680. The van der Waals surface area contributed by atoms with Gasteiger partial charge >= 0.3 is 0 Å². The molecule has 0 spiro atoms. The molecule has 0 amide bonds. The Kier molecular flexibility index (Phi) is 1.51. The van der Waals surface area contributed by atoms with Gasteiger partial charge in [0.25, 0.3) is 0 Å². The summed E-state index contributed by atoms with van der Waals surface area (Å²) in [5, 5.41) is 0. The summed E-state index contributed by atoms with van der Waals surface area (Å²) < 4.78 is 12.3. The normalized spacial score (nSPS) is 19.2. The molecule has 50 valence electrons. The highest BCUT2D eigenvalue weighted by molar-refractivity contribution is 5.80. The summed E-state index contributed by atoms with van der Waals surface area (Å²) in [6.07, 6.45) is 1.26. The van der Waals surface area contributed by atoms with Gasteiger partial charge in [-0.05, 0) is 6.92 Å². The lowest BCUT2D eigenvalue weighted by Crippen LogP contribution is -2.27. The number of hydrogen-bond donors (Lipinski definition) is 0. The Hall–Kier alpha value is -0.860. The molecule has 0 saturated carbocycles. The molecule has 0 N–H and O–H groups in total. The third-order valence-corrected chi connectivity index (χ3v) is 1.33. The minimum Gasteiger partial charge on any atom is -0.357 e. The van der Waals surface area contributed by atoms with Crippen molar-refractivity contribution in [3.05, 3.63) is 12.0 Å². The van der Waals surface area contributed by atoms with Gasteiger partial charge in [0.2, 0.25) is 0 Å². The molecule has 1 aliphatic rings. The quantitative estimate of drug-likeness (QED) is 0.478. The van der Waals surface area contributed by atoms with Crippen molar-refractivity contribution >= 4 is 5.84 Å². The van der Waals surface area contributed by atoms with E-state index in [1.54, 1.807) is 4.90 Å². The van der Waals surface area contributed by atoms with Gasteiger partial charge < -0.3 is 4.90 Å². The van der Waals surface area contributed by atoms with Gasteiger partial charge in [0.05, 0.1) is 12.7 Å². The van der Waals surface area contributed by atoms with Crippen molar-refractivity contribution in [2.45, 2.75) is 6.92 Å². The molecule has 2 nitrogen and oxygen atoms in total. The average molecular weight is 128 g/mol. The number of rotatable bonds is 0. The molecule has 0 aromatic carbocycles. The van der Waals surface area contributed by atoms with E-state index in [1.165, 1.54) is 6.20 Å². The summed E-state index contributed by atoms with van der Waals surface area (Å²) in [4.78, 5) is 5.56.